The fourth-order valence-electron chi connectivity index (χ4n) is 4.57. The Hall–Kier alpha value is -2.52. The van der Waals surface area contributed by atoms with Crippen LogP contribution < -0.4 is 0 Å². The van der Waals surface area contributed by atoms with Crippen molar-refractivity contribution in [3.63, 3.8) is 0 Å². The quantitative estimate of drug-likeness (QED) is 0.530. The van der Waals surface area contributed by atoms with Crippen LogP contribution in [0.25, 0.3) is 6.08 Å². The first kappa shape index (κ1) is 19.4. The van der Waals surface area contributed by atoms with Gasteiger partial charge >= 0.3 is 5.91 Å². The molecule has 1 aromatic heterocycles. The van der Waals surface area contributed by atoms with Gasteiger partial charge in [-0.2, -0.15) is 4.58 Å². The van der Waals surface area contributed by atoms with E-state index in [0.717, 1.165) is 33.7 Å². The van der Waals surface area contributed by atoms with Gasteiger partial charge < -0.3 is 4.90 Å². The molecule has 5 heterocycles. The molecule has 2 saturated heterocycles. The van der Waals surface area contributed by atoms with Crippen LogP contribution >= 0.6 is 23.1 Å². The molecule has 154 valence electrons. The van der Waals surface area contributed by atoms with Crippen molar-refractivity contribution in [1.82, 2.24) is 9.80 Å². The number of amides is 4. The van der Waals surface area contributed by atoms with Crippen LogP contribution in [0.15, 0.2) is 34.6 Å². The summed E-state index contributed by atoms with van der Waals surface area (Å²) in [4.78, 5) is 54.3. The number of thioether (sulfide) groups is 1. The number of hydrogen-bond donors (Lipinski definition) is 0. The van der Waals surface area contributed by atoms with Crippen LogP contribution in [-0.4, -0.2) is 69.2 Å². The van der Waals surface area contributed by atoms with E-state index in [2.05, 4.69) is 0 Å². The fraction of sp³-hybridized carbons (Fsp3) is 0.381. The molecule has 5 rings (SSSR count). The topological polar surface area (TPSA) is 77.8 Å². The third-order valence-corrected chi connectivity index (χ3v) is 7.65. The number of thiophene rings is 1. The van der Waals surface area contributed by atoms with Gasteiger partial charge in [-0.3, -0.25) is 19.3 Å². The lowest BCUT2D eigenvalue weighted by Crippen LogP contribution is -2.56. The number of piperidine rings is 1. The molecule has 0 radical (unpaired) electrons. The molecule has 7 nitrogen and oxygen atoms in total. The first-order valence-electron chi connectivity index (χ1n) is 9.90. The largest absolute Gasteiger partial charge is 0.390 e. The van der Waals surface area contributed by atoms with E-state index in [0.29, 0.717) is 31.0 Å². The molecule has 0 aromatic carbocycles. The second kappa shape index (κ2) is 7.63. The van der Waals surface area contributed by atoms with E-state index >= 15 is 0 Å². The SMILES string of the molecule is O=C(CN1C(=O)S/C(=C\c2cccs2)C1=O)N1C[C@H]2C[C@@H](C1)C1=[N+](C2)C(=O)CC=C1. The molecule has 4 aliphatic rings. The lowest BCUT2D eigenvalue weighted by Gasteiger charge is -2.39. The van der Waals surface area contributed by atoms with E-state index in [1.54, 1.807) is 11.0 Å². The number of hydrogen-bond acceptors (Lipinski definition) is 6. The van der Waals surface area contributed by atoms with Crippen molar-refractivity contribution in [3.8, 4) is 0 Å². The summed E-state index contributed by atoms with van der Waals surface area (Å²) in [6, 6.07) is 3.76. The molecule has 0 spiro atoms. The van der Waals surface area contributed by atoms with Crippen LogP contribution in [0.1, 0.15) is 17.7 Å². The van der Waals surface area contributed by atoms with Crippen molar-refractivity contribution in [2.24, 2.45) is 11.8 Å². The summed E-state index contributed by atoms with van der Waals surface area (Å²) in [6.07, 6.45) is 6.97. The molecule has 0 aliphatic carbocycles. The maximum absolute atomic E-state index is 13.0. The van der Waals surface area contributed by atoms with Crippen molar-refractivity contribution < 1.29 is 23.8 Å². The molecule has 9 heteroatoms. The summed E-state index contributed by atoms with van der Waals surface area (Å²) in [5.41, 5.74) is 0.991. The van der Waals surface area contributed by atoms with E-state index in [9.17, 15) is 19.2 Å². The highest BCUT2D eigenvalue weighted by atomic mass is 32.2. The van der Waals surface area contributed by atoms with Crippen molar-refractivity contribution >= 4 is 57.8 Å². The Bertz CT molecular complexity index is 1040. The van der Waals surface area contributed by atoms with Crippen LogP contribution in [0.3, 0.4) is 0 Å². The molecule has 0 unspecified atom stereocenters. The maximum Gasteiger partial charge on any atom is 0.390 e. The van der Waals surface area contributed by atoms with Crippen LogP contribution in [0.5, 0.6) is 0 Å². The van der Waals surface area contributed by atoms with E-state index in [1.165, 1.54) is 11.3 Å². The smallest absolute Gasteiger partial charge is 0.340 e. The van der Waals surface area contributed by atoms with Gasteiger partial charge in [0.2, 0.25) is 5.91 Å². The second-order valence-electron chi connectivity index (χ2n) is 7.92. The zero-order chi connectivity index (χ0) is 20.8. The van der Waals surface area contributed by atoms with Gasteiger partial charge in [-0.15, -0.1) is 11.3 Å². The maximum atomic E-state index is 13.0. The van der Waals surface area contributed by atoms with Crippen LogP contribution in [-0.2, 0) is 14.4 Å². The van der Waals surface area contributed by atoms with Gasteiger partial charge in [0, 0.05) is 30.0 Å². The van der Waals surface area contributed by atoms with Crippen molar-refractivity contribution in [3.05, 3.63) is 39.4 Å². The second-order valence-corrected chi connectivity index (χ2v) is 9.89. The third kappa shape index (κ3) is 3.45. The summed E-state index contributed by atoms with van der Waals surface area (Å²) in [5, 5.41) is 1.50. The number of rotatable bonds is 3. The normalized spacial score (nSPS) is 27.3. The molecule has 0 N–H and O–H groups in total. The molecule has 2 bridgehead atoms. The van der Waals surface area contributed by atoms with Crippen LogP contribution in [0, 0.1) is 11.8 Å². The minimum absolute atomic E-state index is 0.121. The van der Waals surface area contributed by atoms with Crippen molar-refractivity contribution in [2.75, 3.05) is 26.2 Å². The van der Waals surface area contributed by atoms with Gasteiger partial charge in [0.1, 0.15) is 6.54 Å². The van der Waals surface area contributed by atoms with Gasteiger partial charge in [-0.05, 0) is 35.7 Å². The zero-order valence-corrected chi connectivity index (χ0v) is 17.8. The molecule has 2 fully saturated rings. The number of fused-ring (bicyclic) bond motifs is 3. The minimum Gasteiger partial charge on any atom is -0.340 e. The lowest BCUT2D eigenvalue weighted by atomic mass is 9.81. The average molecular weight is 443 g/mol. The van der Waals surface area contributed by atoms with E-state index in [-0.39, 0.29) is 30.2 Å². The minimum atomic E-state index is -0.412. The van der Waals surface area contributed by atoms with Gasteiger partial charge in [0.25, 0.3) is 11.1 Å². The van der Waals surface area contributed by atoms with Gasteiger partial charge in [-0.25, -0.2) is 4.79 Å². The first-order chi connectivity index (χ1) is 14.5. The number of imide groups is 1. The Morgan fingerprint density at radius 2 is 2.13 bits per heavy atom. The highest BCUT2D eigenvalue weighted by Crippen LogP contribution is 2.34. The fourth-order valence-corrected chi connectivity index (χ4v) is 6.14. The first-order valence-corrected chi connectivity index (χ1v) is 11.6. The Labute approximate surface area is 181 Å². The van der Waals surface area contributed by atoms with Crippen molar-refractivity contribution in [1.29, 1.82) is 0 Å². The molecular weight excluding hydrogens is 422 g/mol. The average Bonchev–Trinajstić information content (AvgIpc) is 3.33. The summed E-state index contributed by atoms with van der Waals surface area (Å²) in [5.74, 6) is -0.164. The molecule has 30 heavy (non-hydrogen) atoms. The Morgan fingerprint density at radius 3 is 2.93 bits per heavy atom. The van der Waals surface area contributed by atoms with E-state index < -0.39 is 11.1 Å². The lowest BCUT2D eigenvalue weighted by molar-refractivity contribution is -0.467. The van der Waals surface area contributed by atoms with Crippen LogP contribution in [0.4, 0.5) is 4.79 Å². The Morgan fingerprint density at radius 1 is 1.27 bits per heavy atom. The summed E-state index contributed by atoms with van der Waals surface area (Å²) >= 11 is 2.36. The van der Waals surface area contributed by atoms with E-state index in [4.69, 9.17) is 0 Å². The summed E-state index contributed by atoms with van der Waals surface area (Å²) < 4.78 is 1.87. The molecule has 4 amide bonds. The van der Waals surface area contributed by atoms with Gasteiger partial charge in [0.15, 0.2) is 12.3 Å². The molecular formula is C21H20N3O4S2+. The summed E-state index contributed by atoms with van der Waals surface area (Å²) in [6.45, 7) is 1.46. The Kier molecular flexibility index (Phi) is 4.94. The molecule has 1 aromatic rings. The number of nitrogens with zero attached hydrogens (tertiary/aromatic N) is 3. The monoisotopic (exact) mass is 442 g/mol. The molecule has 4 aliphatic heterocycles. The zero-order valence-electron chi connectivity index (χ0n) is 16.2. The third-order valence-electron chi connectivity index (χ3n) is 5.93. The Balaban J connectivity index is 1.29. The standard InChI is InChI=1S/C21H20N3O4S2/c25-18-5-1-4-16-14-7-13(10-23(16)18)9-22(11-14)19(26)12-24-20(27)17(30-21(24)28)8-15-3-2-6-29-15/h1-4,6,8,13-14H,5,7,9-12H2/q+1/b17-8-/t13-,14+/m1/s1. The molecule has 2 atom stereocenters. The predicted molar refractivity (Wildman–Crippen MR) is 114 cm³/mol. The van der Waals surface area contributed by atoms with Crippen molar-refractivity contribution in [2.45, 2.75) is 12.8 Å². The molecule has 0 saturated carbocycles. The van der Waals surface area contributed by atoms with Crippen LogP contribution in [0.2, 0.25) is 0 Å². The van der Waals surface area contributed by atoms with E-state index in [1.807, 2.05) is 34.2 Å². The van der Waals surface area contributed by atoms with Gasteiger partial charge in [-0.1, -0.05) is 12.1 Å². The highest BCUT2D eigenvalue weighted by Gasteiger charge is 2.45. The number of carbonyl (C=O) groups excluding carboxylic acids is 4. The number of likely N-dealkylation sites (tertiary alicyclic amines) is 1. The number of allylic oxidation sites excluding steroid dienone is 1. The van der Waals surface area contributed by atoms with Gasteiger partial charge in [0.05, 0.1) is 17.2 Å². The predicted octanol–water partition coefficient (Wildman–Crippen LogP) is 2.20. The highest BCUT2D eigenvalue weighted by molar-refractivity contribution is 8.18. The summed E-state index contributed by atoms with van der Waals surface area (Å²) in [7, 11) is 0. The number of carbonyl (C=O) groups is 4.